The topological polar surface area (TPSA) is 42.0 Å². The lowest BCUT2D eigenvalue weighted by atomic mass is 10.0. The van der Waals surface area contributed by atoms with Gasteiger partial charge in [-0.25, -0.2) is 4.98 Å². The fourth-order valence-corrected chi connectivity index (χ4v) is 2.87. The number of rotatable bonds is 3. The SMILES string of the molecule is CC1(C)C(C(=O)NCc2cccnc2Cl)C1(C)C. The van der Waals surface area contributed by atoms with Crippen molar-refractivity contribution < 1.29 is 4.79 Å². The molecule has 0 spiro atoms. The second-order valence-corrected chi connectivity index (χ2v) is 6.41. The summed E-state index contributed by atoms with van der Waals surface area (Å²) in [7, 11) is 0. The molecule has 0 aliphatic heterocycles. The Labute approximate surface area is 113 Å². The molecule has 0 atom stereocenters. The van der Waals surface area contributed by atoms with Gasteiger partial charge < -0.3 is 5.32 Å². The first-order chi connectivity index (χ1) is 8.28. The lowest BCUT2D eigenvalue weighted by Crippen LogP contribution is -2.27. The highest BCUT2D eigenvalue weighted by molar-refractivity contribution is 6.30. The third kappa shape index (κ3) is 2.01. The van der Waals surface area contributed by atoms with Gasteiger partial charge in [0.15, 0.2) is 0 Å². The Morgan fingerprint density at radius 2 is 2.00 bits per heavy atom. The number of halogens is 1. The monoisotopic (exact) mass is 266 g/mol. The minimum Gasteiger partial charge on any atom is -0.352 e. The highest BCUT2D eigenvalue weighted by atomic mass is 35.5. The molecule has 1 saturated carbocycles. The maximum Gasteiger partial charge on any atom is 0.224 e. The number of nitrogens with one attached hydrogen (secondary N) is 1. The van der Waals surface area contributed by atoms with Gasteiger partial charge in [0, 0.05) is 24.2 Å². The Bertz CT molecular complexity index is 468. The molecule has 3 nitrogen and oxygen atoms in total. The number of carbonyl (C=O) groups excluding carboxylic acids is 1. The van der Waals surface area contributed by atoms with E-state index in [1.807, 2.05) is 12.1 Å². The number of pyridine rings is 1. The Kier molecular flexibility index (Phi) is 3.14. The molecular formula is C14H19ClN2O. The van der Waals surface area contributed by atoms with Crippen LogP contribution in [0.5, 0.6) is 0 Å². The van der Waals surface area contributed by atoms with Crippen LogP contribution in [-0.2, 0) is 11.3 Å². The molecule has 1 fully saturated rings. The second kappa shape index (κ2) is 4.23. The summed E-state index contributed by atoms with van der Waals surface area (Å²) in [6.07, 6.45) is 1.64. The van der Waals surface area contributed by atoms with Crippen molar-refractivity contribution in [3.05, 3.63) is 29.0 Å². The van der Waals surface area contributed by atoms with Crippen molar-refractivity contribution >= 4 is 17.5 Å². The molecule has 1 aliphatic carbocycles. The average Bonchev–Trinajstić information content (AvgIpc) is 2.68. The molecule has 18 heavy (non-hydrogen) atoms. The van der Waals surface area contributed by atoms with Crippen molar-refractivity contribution in [2.45, 2.75) is 34.2 Å². The number of aromatic nitrogens is 1. The van der Waals surface area contributed by atoms with Crippen LogP contribution in [0.2, 0.25) is 5.15 Å². The van der Waals surface area contributed by atoms with E-state index in [4.69, 9.17) is 11.6 Å². The number of hydrogen-bond acceptors (Lipinski definition) is 2. The summed E-state index contributed by atoms with van der Waals surface area (Å²) >= 11 is 5.95. The first-order valence-electron chi connectivity index (χ1n) is 6.15. The van der Waals surface area contributed by atoms with Gasteiger partial charge in [-0.1, -0.05) is 45.4 Å². The second-order valence-electron chi connectivity index (χ2n) is 6.05. The number of carbonyl (C=O) groups is 1. The molecule has 1 amide bonds. The van der Waals surface area contributed by atoms with Crippen LogP contribution in [0.3, 0.4) is 0 Å². The zero-order valence-electron chi connectivity index (χ0n) is 11.2. The predicted octanol–water partition coefficient (Wildman–Crippen LogP) is 3.03. The van der Waals surface area contributed by atoms with Gasteiger partial charge in [-0.15, -0.1) is 0 Å². The number of amides is 1. The first-order valence-corrected chi connectivity index (χ1v) is 6.53. The molecule has 1 aromatic heterocycles. The Morgan fingerprint density at radius 3 is 2.50 bits per heavy atom. The molecule has 2 rings (SSSR count). The maximum atomic E-state index is 12.1. The number of nitrogens with zero attached hydrogens (tertiary/aromatic N) is 1. The maximum absolute atomic E-state index is 12.1. The predicted molar refractivity (Wildman–Crippen MR) is 72.1 cm³/mol. The van der Waals surface area contributed by atoms with E-state index >= 15 is 0 Å². The van der Waals surface area contributed by atoms with Crippen molar-refractivity contribution in [1.82, 2.24) is 10.3 Å². The standard InChI is InChI=1S/C14H19ClN2O/c1-13(2)10(14(13,3)4)12(18)17-8-9-6-5-7-16-11(9)15/h5-7,10H,8H2,1-4H3,(H,17,18). The smallest absolute Gasteiger partial charge is 0.224 e. The summed E-state index contributed by atoms with van der Waals surface area (Å²) in [5, 5.41) is 3.40. The van der Waals surface area contributed by atoms with Crippen molar-refractivity contribution in [3.8, 4) is 0 Å². The van der Waals surface area contributed by atoms with Crippen LogP contribution < -0.4 is 5.32 Å². The van der Waals surface area contributed by atoms with Crippen LogP contribution in [0.25, 0.3) is 0 Å². The summed E-state index contributed by atoms with van der Waals surface area (Å²) in [6, 6.07) is 3.69. The van der Waals surface area contributed by atoms with Crippen molar-refractivity contribution in [1.29, 1.82) is 0 Å². The van der Waals surface area contributed by atoms with Crippen LogP contribution >= 0.6 is 11.6 Å². The highest BCUT2D eigenvalue weighted by Gasteiger charge is 2.68. The zero-order chi connectivity index (χ0) is 13.6. The van der Waals surface area contributed by atoms with Crippen LogP contribution in [0.4, 0.5) is 0 Å². The molecule has 1 N–H and O–H groups in total. The molecule has 1 aliphatic rings. The lowest BCUT2D eigenvalue weighted by molar-refractivity contribution is -0.123. The largest absolute Gasteiger partial charge is 0.352 e. The minimum atomic E-state index is 0.0653. The van der Waals surface area contributed by atoms with Crippen LogP contribution in [0.1, 0.15) is 33.3 Å². The Hall–Kier alpha value is -1.09. The van der Waals surface area contributed by atoms with Gasteiger partial charge in [-0.3, -0.25) is 4.79 Å². The van der Waals surface area contributed by atoms with Gasteiger partial charge in [0.25, 0.3) is 0 Å². The van der Waals surface area contributed by atoms with E-state index in [2.05, 4.69) is 38.0 Å². The molecule has 0 radical (unpaired) electrons. The van der Waals surface area contributed by atoms with E-state index < -0.39 is 0 Å². The normalized spacial score (nSPS) is 20.5. The van der Waals surface area contributed by atoms with E-state index in [0.29, 0.717) is 11.7 Å². The van der Waals surface area contributed by atoms with Gasteiger partial charge in [-0.2, -0.15) is 0 Å². The minimum absolute atomic E-state index is 0.0653. The van der Waals surface area contributed by atoms with Crippen LogP contribution in [0.15, 0.2) is 18.3 Å². The third-order valence-electron chi connectivity index (χ3n) is 4.57. The van der Waals surface area contributed by atoms with Crippen LogP contribution in [-0.4, -0.2) is 10.9 Å². The quantitative estimate of drug-likeness (QED) is 0.855. The van der Waals surface area contributed by atoms with E-state index in [9.17, 15) is 4.79 Å². The van der Waals surface area contributed by atoms with Crippen LogP contribution in [0, 0.1) is 16.7 Å². The average molecular weight is 267 g/mol. The highest BCUT2D eigenvalue weighted by Crippen LogP contribution is 2.68. The van der Waals surface area contributed by atoms with Gasteiger partial charge in [0.1, 0.15) is 5.15 Å². The fraction of sp³-hybridized carbons (Fsp3) is 0.571. The number of hydrogen-bond donors (Lipinski definition) is 1. The van der Waals surface area contributed by atoms with Crippen molar-refractivity contribution in [2.24, 2.45) is 16.7 Å². The summed E-state index contributed by atoms with van der Waals surface area (Å²) in [5.74, 6) is 0.172. The molecular weight excluding hydrogens is 248 g/mol. The summed E-state index contributed by atoms with van der Waals surface area (Å²) in [6.45, 7) is 8.97. The molecule has 1 heterocycles. The van der Waals surface area contributed by atoms with E-state index in [0.717, 1.165) is 5.56 Å². The lowest BCUT2D eigenvalue weighted by Gasteiger charge is -2.07. The molecule has 1 aromatic rings. The Morgan fingerprint density at radius 1 is 1.39 bits per heavy atom. The zero-order valence-corrected chi connectivity index (χ0v) is 12.0. The molecule has 0 aromatic carbocycles. The third-order valence-corrected chi connectivity index (χ3v) is 4.91. The Balaban J connectivity index is 1.97. The van der Waals surface area contributed by atoms with E-state index in [1.54, 1.807) is 6.20 Å². The van der Waals surface area contributed by atoms with Crippen molar-refractivity contribution in [3.63, 3.8) is 0 Å². The summed E-state index contributed by atoms with van der Waals surface area (Å²) < 4.78 is 0. The first kappa shape index (κ1) is 13.3. The van der Waals surface area contributed by atoms with E-state index in [-0.39, 0.29) is 22.7 Å². The summed E-state index contributed by atoms with van der Waals surface area (Å²) in [5.41, 5.74) is 0.981. The van der Waals surface area contributed by atoms with Gasteiger partial charge in [0.2, 0.25) is 5.91 Å². The van der Waals surface area contributed by atoms with E-state index in [1.165, 1.54) is 0 Å². The molecule has 98 valence electrons. The van der Waals surface area contributed by atoms with Gasteiger partial charge >= 0.3 is 0 Å². The summed E-state index contributed by atoms with van der Waals surface area (Å²) in [4.78, 5) is 16.1. The van der Waals surface area contributed by atoms with Gasteiger partial charge in [-0.05, 0) is 16.9 Å². The molecule has 0 bridgehead atoms. The molecule has 0 saturated heterocycles. The fourth-order valence-electron chi connectivity index (χ4n) is 2.69. The van der Waals surface area contributed by atoms with Gasteiger partial charge in [0.05, 0.1) is 0 Å². The molecule has 4 heteroatoms. The van der Waals surface area contributed by atoms with Crippen molar-refractivity contribution in [2.75, 3.05) is 0 Å². The molecule has 0 unspecified atom stereocenters.